The lowest BCUT2D eigenvalue weighted by molar-refractivity contribution is -0.138. The number of aromatic nitrogens is 5. The number of nitrogens with one attached hydrogen (secondary N) is 3. The van der Waals surface area contributed by atoms with Gasteiger partial charge in [0, 0.05) is 65.8 Å². The average molecular weight is 786 g/mol. The number of hydrogen-bond acceptors (Lipinski definition) is 6. The first-order valence-electron chi connectivity index (χ1n) is 19.9. The number of rotatable bonds is 11. The summed E-state index contributed by atoms with van der Waals surface area (Å²) in [6.07, 6.45) is 12.7. The molecule has 2 aliphatic heterocycles. The number of nitrogens with zero attached hydrogens (tertiary/aromatic N) is 6. The van der Waals surface area contributed by atoms with E-state index in [1.165, 1.54) is 0 Å². The molecule has 3 aromatic heterocycles. The Hall–Kier alpha value is -7.28. The minimum Gasteiger partial charge on any atom is -0.355 e. The number of H-pyrrole nitrogens is 1. The zero-order valence-corrected chi connectivity index (χ0v) is 32.2. The first-order valence-corrected chi connectivity index (χ1v) is 19.9. The quantitative estimate of drug-likeness (QED) is 0.134. The molecule has 4 aromatic carbocycles. The van der Waals surface area contributed by atoms with Gasteiger partial charge in [-0.3, -0.25) is 19.2 Å². The molecule has 0 bridgehead atoms. The number of amides is 4. The monoisotopic (exact) mass is 785 g/mol. The Morgan fingerprint density at radius 3 is 1.63 bits per heavy atom. The molecule has 2 fully saturated rings. The van der Waals surface area contributed by atoms with Gasteiger partial charge in [0.1, 0.15) is 24.2 Å². The molecule has 0 unspecified atom stereocenters. The van der Waals surface area contributed by atoms with Crippen LogP contribution in [0.25, 0.3) is 22.2 Å². The third-order valence-electron chi connectivity index (χ3n) is 11.4. The maximum atomic E-state index is 14.1. The summed E-state index contributed by atoms with van der Waals surface area (Å²) >= 11 is 0. The van der Waals surface area contributed by atoms with Gasteiger partial charge in [-0.1, -0.05) is 72.8 Å². The van der Waals surface area contributed by atoms with Gasteiger partial charge in [0.2, 0.25) is 11.8 Å². The standard InChI is InChI=1S/C46H43N9O4/c56-43(39-13-7-23-54(39)45(58)41(52-25-21-47-29-52)32-9-3-1-4-10-32)49-35-17-15-31(16-18-35)38-28-34-27-36(19-20-37(34)51-38)50-44(57)40-14-8-24-55(40)46(59)42(53-26-22-48-30-53)33-11-5-2-6-12-33/h1-6,9-12,15-22,25-30,39-42,51H,7-8,13-14,23-24H2,(H,49,56)(H,50,57)/t39-,40-,41+,42+/m0/s1. The zero-order chi connectivity index (χ0) is 40.3. The van der Waals surface area contributed by atoms with Crippen molar-refractivity contribution >= 4 is 45.9 Å². The summed E-state index contributed by atoms with van der Waals surface area (Å²) in [6, 6.07) is 32.0. The molecule has 59 heavy (non-hydrogen) atoms. The first-order chi connectivity index (χ1) is 28.9. The Bertz CT molecular complexity index is 2570. The summed E-state index contributed by atoms with van der Waals surface area (Å²) in [4.78, 5) is 70.6. The highest BCUT2D eigenvalue weighted by atomic mass is 16.2. The fourth-order valence-corrected chi connectivity index (χ4v) is 8.47. The summed E-state index contributed by atoms with van der Waals surface area (Å²) in [5.41, 5.74) is 5.62. The van der Waals surface area contributed by atoms with E-state index >= 15 is 0 Å². The summed E-state index contributed by atoms with van der Waals surface area (Å²) in [5.74, 6) is -0.726. The molecule has 3 N–H and O–H groups in total. The normalized spacial score (nSPS) is 17.5. The maximum absolute atomic E-state index is 14.1. The summed E-state index contributed by atoms with van der Waals surface area (Å²) in [7, 11) is 0. The lowest BCUT2D eigenvalue weighted by Gasteiger charge is -2.29. The molecular weight excluding hydrogens is 743 g/mol. The Morgan fingerprint density at radius 1 is 0.610 bits per heavy atom. The summed E-state index contributed by atoms with van der Waals surface area (Å²) in [5, 5.41) is 7.02. The summed E-state index contributed by atoms with van der Waals surface area (Å²) < 4.78 is 3.57. The predicted octanol–water partition coefficient (Wildman–Crippen LogP) is 6.67. The number of hydrogen-bond donors (Lipinski definition) is 3. The van der Waals surface area contributed by atoms with E-state index < -0.39 is 24.2 Å². The molecule has 0 saturated carbocycles. The SMILES string of the molecule is O=C(Nc1ccc(-c2cc3cc(NC(=O)[C@@H]4CCCN4C(=O)[C@@H](c4ccccc4)n4ccnc4)ccc3[nH]2)cc1)[C@@H]1CCCN1C(=O)[C@@H](c1ccccc1)n1ccnc1. The molecular formula is C46H43N9O4. The lowest BCUT2D eigenvalue weighted by atomic mass is 10.0. The van der Waals surface area contributed by atoms with Crippen LogP contribution in [0.2, 0.25) is 0 Å². The van der Waals surface area contributed by atoms with Crippen molar-refractivity contribution in [2.24, 2.45) is 0 Å². The first kappa shape index (κ1) is 37.3. The van der Waals surface area contributed by atoms with Gasteiger partial charge in [0.15, 0.2) is 0 Å². The van der Waals surface area contributed by atoms with Gasteiger partial charge in [-0.15, -0.1) is 0 Å². The van der Waals surface area contributed by atoms with Gasteiger partial charge in [0.05, 0.1) is 12.7 Å². The van der Waals surface area contributed by atoms with Gasteiger partial charge >= 0.3 is 0 Å². The molecule has 5 heterocycles. The van der Waals surface area contributed by atoms with Crippen LogP contribution < -0.4 is 10.6 Å². The van der Waals surface area contributed by atoms with Crippen molar-refractivity contribution < 1.29 is 19.2 Å². The third kappa shape index (κ3) is 7.62. The average Bonchev–Trinajstić information content (AvgIpc) is 4.12. The van der Waals surface area contributed by atoms with Crippen LogP contribution in [0.1, 0.15) is 48.9 Å². The van der Waals surface area contributed by atoms with E-state index in [0.29, 0.717) is 37.3 Å². The number of imidazole rings is 2. The van der Waals surface area contributed by atoms with Gasteiger partial charge in [0.25, 0.3) is 11.8 Å². The van der Waals surface area contributed by atoms with Crippen LogP contribution in [0.3, 0.4) is 0 Å². The molecule has 2 saturated heterocycles. The fourth-order valence-electron chi connectivity index (χ4n) is 8.47. The van der Waals surface area contributed by atoms with Gasteiger partial charge < -0.3 is 34.6 Å². The summed E-state index contributed by atoms with van der Waals surface area (Å²) in [6.45, 7) is 0.999. The third-order valence-corrected chi connectivity index (χ3v) is 11.4. The highest BCUT2D eigenvalue weighted by molar-refractivity contribution is 6.01. The second-order valence-corrected chi connectivity index (χ2v) is 15.1. The Morgan fingerprint density at radius 2 is 1.12 bits per heavy atom. The van der Waals surface area contributed by atoms with Crippen molar-refractivity contribution in [2.45, 2.75) is 49.9 Å². The van der Waals surface area contributed by atoms with Crippen LogP contribution in [-0.2, 0) is 19.2 Å². The molecule has 4 atom stereocenters. The molecule has 7 aromatic rings. The molecule has 2 aliphatic rings. The molecule has 0 aliphatic carbocycles. The van der Waals surface area contributed by atoms with Crippen molar-refractivity contribution in [3.8, 4) is 11.3 Å². The van der Waals surface area contributed by atoms with E-state index in [1.54, 1.807) is 56.4 Å². The fraction of sp³-hybridized carbons (Fsp3) is 0.217. The van der Waals surface area contributed by atoms with Crippen LogP contribution >= 0.6 is 0 Å². The minimum atomic E-state index is -0.618. The molecule has 13 nitrogen and oxygen atoms in total. The van der Waals surface area contributed by atoms with Crippen molar-refractivity contribution in [2.75, 3.05) is 23.7 Å². The zero-order valence-electron chi connectivity index (χ0n) is 32.2. The lowest BCUT2D eigenvalue weighted by Crippen LogP contribution is -2.46. The Balaban J connectivity index is 0.853. The van der Waals surface area contributed by atoms with Crippen molar-refractivity contribution in [1.29, 1.82) is 0 Å². The van der Waals surface area contributed by atoms with Crippen molar-refractivity contribution in [3.63, 3.8) is 0 Å². The number of anilines is 2. The smallest absolute Gasteiger partial charge is 0.250 e. The number of benzene rings is 4. The molecule has 296 valence electrons. The number of likely N-dealkylation sites (tertiary alicyclic amines) is 2. The Kier molecular flexibility index (Phi) is 10.3. The highest BCUT2D eigenvalue weighted by Gasteiger charge is 2.40. The maximum Gasteiger partial charge on any atom is 0.250 e. The molecule has 4 amide bonds. The van der Waals surface area contributed by atoms with Crippen LogP contribution in [0.5, 0.6) is 0 Å². The largest absolute Gasteiger partial charge is 0.355 e. The van der Waals surface area contributed by atoms with E-state index in [4.69, 9.17) is 0 Å². The topological polar surface area (TPSA) is 150 Å². The van der Waals surface area contributed by atoms with Gasteiger partial charge in [-0.25, -0.2) is 9.97 Å². The van der Waals surface area contributed by atoms with E-state index in [0.717, 1.165) is 46.1 Å². The van der Waals surface area contributed by atoms with Gasteiger partial charge in [-0.2, -0.15) is 0 Å². The van der Waals surface area contributed by atoms with Crippen molar-refractivity contribution in [1.82, 2.24) is 33.9 Å². The molecule has 13 heteroatoms. The molecule has 9 rings (SSSR count). The van der Waals surface area contributed by atoms with Crippen LogP contribution in [0, 0.1) is 0 Å². The number of carbonyl (C=O) groups is 4. The Labute approximate surface area is 340 Å². The highest BCUT2D eigenvalue weighted by Crippen LogP contribution is 2.31. The molecule has 0 spiro atoms. The second kappa shape index (κ2) is 16.3. The van der Waals surface area contributed by atoms with E-state index in [2.05, 4.69) is 25.6 Å². The van der Waals surface area contributed by atoms with E-state index in [1.807, 2.05) is 109 Å². The number of carbonyl (C=O) groups excluding carboxylic acids is 4. The number of aromatic amines is 1. The van der Waals surface area contributed by atoms with Crippen molar-refractivity contribution in [3.05, 3.63) is 158 Å². The van der Waals surface area contributed by atoms with Gasteiger partial charge in [-0.05, 0) is 78.8 Å². The molecule has 0 radical (unpaired) electrons. The van der Waals surface area contributed by atoms with E-state index in [9.17, 15) is 19.2 Å². The predicted molar refractivity (Wildman–Crippen MR) is 224 cm³/mol. The van der Waals surface area contributed by atoms with Crippen LogP contribution in [0.4, 0.5) is 11.4 Å². The van der Waals surface area contributed by atoms with Crippen LogP contribution in [-0.4, -0.2) is 82.7 Å². The van der Waals surface area contributed by atoms with Crippen LogP contribution in [0.15, 0.2) is 147 Å². The number of fused-ring (bicyclic) bond motifs is 1. The second-order valence-electron chi connectivity index (χ2n) is 15.1. The minimum absolute atomic E-state index is 0.141. The van der Waals surface area contributed by atoms with E-state index in [-0.39, 0.29) is 23.6 Å².